The van der Waals surface area contributed by atoms with Gasteiger partial charge in [-0.3, -0.25) is 0 Å². The monoisotopic (exact) mass is 122 g/mol. The summed E-state index contributed by atoms with van der Waals surface area (Å²) in [5, 5.41) is 7.46. The van der Waals surface area contributed by atoms with E-state index in [2.05, 4.69) is 17.4 Å². The highest BCUT2D eigenvalue weighted by Gasteiger charge is 1.96. The van der Waals surface area contributed by atoms with E-state index >= 15 is 0 Å². The van der Waals surface area contributed by atoms with Gasteiger partial charge in [0.2, 0.25) is 0 Å². The van der Waals surface area contributed by atoms with Crippen molar-refractivity contribution in [3.63, 3.8) is 0 Å². The number of ether oxygens (including phenoxy) is 1. The molecule has 0 heterocycles. The fourth-order valence-corrected chi connectivity index (χ4v) is 0.298. The molecule has 0 fully saturated rings. The van der Waals surface area contributed by atoms with E-state index < -0.39 is 11.6 Å². The molecule has 1 unspecified atom stereocenters. The van der Waals surface area contributed by atoms with Crippen LogP contribution in [0, 0.1) is 0 Å². The lowest BCUT2D eigenvalue weighted by molar-refractivity contribution is -0.0257. The first-order valence-electron chi connectivity index (χ1n) is 1.70. The van der Waals surface area contributed by atoms with Crippen molar-refractivity contribution in [3.05, 3.63) is 0 Å². The highest BCUT2D eigenvalue weighted by molar-refractivity contribution is 7.96. The van der Waals surface area contributed by atoms with Crippen LogP contribution in [0.3, 0.4) is 0 Å². The van der Waals surface area contributed by atoms with Gasteiger partial charge in [0.15, 0.2) is 6.29 Å². The van der Waals surface area contributed by atoms with Crippen LogP contribution in [-0.2, 0) is 4.74 Å². The molecule has 0 aromatic rings. The average Bonchev–Trinajstić information content (AvgIpc) is 1.27. The molecule has 42 valence electrons. The fourth-order valence-electron chi connectivity index (χ4n) is 0.146. The van der Waals surface area contributed by atoms with Gasteiger partial charge in [0, 0.05) is 0 Å². The van der Waals surface area contributed by atoms with Crippen LogP contribution in [0.2, 0.25) is 0 Å². The summed E-state index contributed by atoms with van der Waals surface area (Å²) in [6.07, 6.45) is -1.05. The molecule has 0 radical (unpaired) electrons. The molecule has 0 saturated heterocycles. The molecule has 0 bridgehead atoms. The third-order valence-corrected chi connectivity index (χ3v) is 0.377. The molecular weight excluding hydrogens is 116 g/mol. The Bertz CT molecular complexity index is 70.6. The molecule has 0 aliphatic carbocycles. The summed E-state index contributed by atoms with van der Waals surface area (Å²) in [7, 11) is 0. The zero-order chi connectivity index (χ0) is 5.86. The second-order valence-corrected chi connectivity index (χ2v) is 1.35. The van der Waals surface area contributed by atoms with Crippen LogP contribution >= 0.6 is 12.6 Å². The molecule has 0 rings (SSSR count). The molecule has 0 aromatic heterocycles. The van der Waals surface area contributed by atoms with Crippen LogP contribution in [0.1, 0.15) is 6.92 Å². The first-order valence-corrected chi connectivity index (χ1v) is 2.15. The van der Waals surface area contributed by atoms with Gasteiger partial charge in [-0.05, 0) is 6.92 Å². The van der Waals surface area contributed by atoms with Crippen molar-refractivity contribution in [1.82, 2.24) is 0 Å². The van der Waals surface area contributed by atoms with E-state index in [0.29, 0.717) is 0 Å². The quantitative estimate of drug-likeness (QED) is 0.300. The fraction of sp³-hybridized carbons (Fsp3) is 0.667. The highest BCUT2D eigenvalue weighted by Crippen LogP contribution is 1.89. The van der Waals surface area contributed by atoms with Gasteiger partial charge in [-0.1, -0.05) is 12.6 Å². The predicted octanol–water partition coefficient (Wildman–Crippen LogP) is 0.391. The lowest BCUT2D eigenvalue weighted by Gasteiger charge is -1.99. The smallest absolute Gasteiger partial charge is 0.366 e. The molecule has 0 amide bonds. The largest absolute Gasteiger partial charge is 0.428 e. The van der Waals surface area contributed by atoms with Crippen LogP contribution in [-0.4, -0.2) is 16.7 Å². The summed E-state index contributed by atoms with van der Waals surface area (Å²) in [6, 6.07) is 0. The van der Waals surface area contributed by atoms with E-state index in [0.717, 1.165) is 0 Å². The van der Waals surface area contributed by atoms with Crippen LogP contribution < -0.4 is 0 Å². The van der Waals surface area contributed by atoms with Crippen molar-refractivity contribution in [2.75, 3.05) is 0 Å². The first-order chi connectivity index (χ1) is 3.13. The molecule has 1 atom stereocenters. The van der Waals surface area contributed by atoms with Crippen LogP contribution in [0.5, 0.6) is 0 Å². The van der Waals surface area contributed by atoms with Crippen LogP contribution in [0.25, 0.3) is 0 Å². The predicted molar refractivity (Wildman–Crippen MR) is 27.1 cm³/mol. The number of hydrogen-bond acceptors (Lipinski definition) is 3. The molecule has 7 heavy (non-hydrogen) atoms. The van der Waals surface area contributed by atoms with Gasteiger partial charge < -0.3 is 9.84 Å². The Labute approximate surface area is 46.7 Å². The number of carbonyl (C=O) groups is 1. The van der Waals surface area contributed by atoms with E-state index in [1.165, 1.54) is 6.92 Å². The Kier molecular flexibility index (Phi) is 2.78. The van der Waals surface area contributed by atoms with Gasteiger partial charge in [0.1, 0.15) is 0 Å². The Hall–Kier alpha value is -0.220. The third kappa shape index (κ3) is 5.78. The number of carbonyl (C=O) groups excluding carboxylic acids is 1. The summed E-state index contributed by atoms with van der Waals surface area (Å²) >= 11 is 3.22. The van der Waals surface area contributed by atoms with Crippen molar-refractivity contribution in [3.8, 4) is 0 Å². The van der Waals surface area contributed by atoms with Crippen molar-refractivity contribution in [2.45, 2.75) is 13.2 Å². The van der Waals surface area contributed by atoms with Gasteiger partial charge >= 0.3 is 5.30 Å². The molecule has 1 N–H and O–H groups in total. The maximum atomic E-state index is 9.74. The highest BCUT2D eigenvalue weighted by atomic mass is 32.1. The van der Waals surface area contributed by atoms with Crippen LogP contribution in [0.4, 0.5) is 4.79 Å². The van der Waals surface area contributed by atoms with E-state index in [1.807, 2.05) is 0 Å². The van der Waals surface area contributed by atoms with Gasteiger partial charge in [0.25, 0.3) is 0 Å². The average molecular weight is 122 g/mol. The normalized spacial score (nSPS) is 13.0. The van der Waals surface area contributed by atoms with E-state index in [-0.39, 0.29) is 0 Å². The lowest BCUT2D eigenvalue weighted by Crippen LogP contribution is -2.07. The second-order valence-electron chi connectivity index (χ2n) is 0.983. The minimum absolute atomic E-state index is 0.769. The van der Waals surface area contributed by atoms with Crippen LogP contribution in [0.15, 0.2) is 0 Å². The minimum atomic E-state index is -1.05. The summed E-state index contributed by atoms with van der Waals surface area (Å²) in [4.78, 5) is 9.74. The van der Waals surface area contributed by atoms with Crippen molar-refractivity contribution in [2.24, 2.45) is 0 Å². The Morgan fingerprint density at radius 3 is 2.43 bits per heavy atom. The molecule has 0 spiro atoms. The number of aliphatic hydroxyl groups is 1. The number of hydrogen-bond donors (Lipinski definition) is 2. The third-order valence-electron chi connectivity index (χ3n) is 0.271. The first kappa shape index (κ1) is 6.78. The maximum absolute atomic E-state index is 9.74. The Morgan fingerprint density at radius 2 is 2.43 bits per heavy atom. The molecule has 0 saturated carbocycles. The summed E-state index contributed by atoms with van der Waals surface area (Å²) in [5.41, 5.74) is 0. The number of thiol groups is 1. The number of rotatable bonds is 1. The summed E-state index contributed by atoms with van der Waals surface area (Å²) in [5.74, 6) is 0. The summed E-state index contributed by atoms with van der Waals surface area (Å²) in [6.45, 7) is 1.33. The molecular formula is C3H6O3S. The zero-order valence-corrected chi connectivity index (χ0v) is 4.68. The molecule has 3 nitrogen and oxygen atoms in total. The van der Waals surface area contributed by atoms with Crippen molar-refractivity contribution in [1.29, 1.82) is 0 Å². The molecule has 4 heteroatoms. The van der Waals surface area contributed by atoms with E-state index in [9.17, 15) is 4.79 Å². The summed E-state index contributed by atoms with van der Waals surface area (Å²) < 4.78 is 4.03. The van der Waals surface area contributed by atoms with Crippen molar-refractivity contribution >= 4 is 17.9 Å². The Morgan fingerprint density at radius 1 is 2.00 bits per heavy atom. The van der Waals surface area contributed by atoms with Gasteiger partial charge in [-0.2, -0.15) is 0 Å². The molecule has 0 aromatic carbocycles. The number of aliphatic hydroxyl groups excluding tert-OH is 1. The Balaban J connectivity index is 3.13. The zero-order valence-electron chi connectivity index (χ0n) is 3.79. The van der Waals surface area contributed by atoms with E-state index in [1.54, 1.807) is 0 Å². The minimum Gasteiger partial charge on any atom is -0.428 e. The van der Waals surface area contributed by atoms with Gasteiger partial charge in [-0.15, -0.1) is 0 Å². The van der Waals surface area contributed by atoms with Gasteiger partial charge in [0.05, 0.1) is 0 Å². The molecule has 0 aliphatic heterocycles. The second kappa shape index (κ2) is 2.87. The van der Waals surface area contributed by atoms with Gasteiger partial charge in [-0.25, -0.2) is 4.79 Å². The van der Waals surface area contributed by atoms with Crippen molar-refractivity contribution < 1.29 is 14.6 Å². The standard InChI is InChI=1S/C3H6O3S/c1-2(4)6-3(5)7/h2,4H,1H3,(H,5,7). The maximum Gasteiger partial charge on any atom is 0.366 e. The lowest BCUT2D eigenvalue weighted by atomic mass is 10.8. The van der Waals surface area contributed by atoms with E-state index in [4.69, 9.17) is 5.11 Å². The SMILES string of the molecule is CC(O)OC(=O)S. The topological polar surface area (TPSA) is 46.5 Å². The molecule has 0 aliphatic rings.